The second kappa shape index (κ2) is 6.70. The Kier molecular flexibility index (Phi) is 6.81. The van der Waals surface area contributed by atoms with Crippen LogP contribution in [0, 0.1) is 5.92 Å². The van der Waals surface area contributed by atoms with Crippen LogP contribution in [0.4, 0.5) is 0 Å². The molecule has 1 aliphatic carbocycles. The van der Waals surface area contributed by atoms with Gasteiger partial charge in [-0.2, -0.15) is 0 Å². The molecule has 0 atom stereocenters. The second-order valence-electron chi connectivity index (χ2n) is 3.63. The van der Waals surface area contributed by atoms with Gasteiger partial charge in [0.25, 0.3) is 0 Å². The number of aliphatic hydroxyl groups is 1. The van der Waals surface area contributed by atoms with Crippen LogP contribution in [0.15, 0.2) is 0 Å². The van der Waals surface area contributed by atoms with E-state index in [0.717, 1.165) is 12.5 Å². The average molecular weight is 194 g/mol. The molecule has 0 aromatic rings. The maximum absolute atomic E-state index is 8.59. The first-order valence-electron chi connectivity index (χ1n) is 4.67. The lowest BCUT2D eigenvalue weighted by molar-refractivity contribution is 0.258. The van der Waals surface area contributed by atoms with Crippen LogP contribution in [0.5, 0.6) is 0 Å². The molecule has 3 heteroatoms. The van der Waals surface area contributed by atoms with E-state index in [1.807, 2.05) is 0 Å². The van der Waals surface area contributed by atoms with E-state index >= 15 is 0 Å². The van der Waals surface area contributed by atoms with E-state index in [1.165, 1.54) is 25.7 Å². The summed E-state index contributed by atoms with van der Waals surface area (Å²) in [6.45, 7) is 3.35. The molecule has 0 unspecified atom stereocenters. The number of aliphatic hydroxyl groups excluding tert-OH is 1. The zero-order valence-corrected chi connectivity index (χ0v) is 8.57. The Morgan fingerprint density at radius 2 is 1.83 bits per heavy atom. The zero-order valence-electron chi connectivity index (χ0n) is 7.75. The van der Waals surface area contributed by atoms with Crippen LogP contribution >= 0.6 is 12.4 Å². The van der Waals surface area contributed by atoms with Crippen molar-refractivity contribution in [1.82, 2.24) is 5.32 Å². The molecule has 1 fully saturated rings. The van der Waals surface area contributed by atoms with Gasteiger partial charge in [-0.05, 0) is 31.6 Å². The van der Waals surface area contributed by atoms with Crippen molar-refractivity contribution in [3.8, 4) is 0 Å². The van der Waals surface area contributed by atoms with Crippen LogP contribution in [0.1, 0.15) is 32.6 Å². The maximum Gasteiger partial charge on any atom is 0.0556 e. The molecule has 0 aliphatic heterocycles. The third kappa shape index (κ3) is 4.29. The van der Waals surface area contributed by atoms with Gasteiger partial charge in [0.1, 0.15) is 0 Å². The molecule has 0 amide bonds. The molecule has 0 spiro atoms. The Hall–Kier alpha value is 0.210. The minimum atomic E-state index is 0. The van der Waals surface area contributed by atoms with Crippen molar-refractivity contribution in [3.05, 3.63) is 0 Å². The van der Waals surface area contributed by atoms with Crippen LogP contribution in [0.2, 0.25) is 0 Å². The predicted octanol–water partition coefficient (Wildman–Crippen LogP) is 1.57. The SMILES string of the molecule is CC1CCC(NCCO)CC1.Cl. The Labute approximate surface area is 81.2 Å². The number of rotatable bonds is 3. The first-order valence-corrected chi connectivity index (χ1v) is 4.67. The quantitative estimate of drug-likeness (QED) is 0.714. The fourth-order valence-electron chi connectivity index (χ4n) is 1.73. The van der Waals surface area contributed by atoms with E-state index in [-0.39, 0.29) is 19.0 Å². The normalized spacial score (nSPS) is 29.5. The first kappa shape index (κ1) is 12.2. The number of hydrogen-bond donors (Lipinski definition) is 2. The molecule has 2 nitrogen and oxygen atoms in total. The molecular formula is C9H20ClNO. The Morgan fingerprint density at radius 3 is 2.33 bits per heavy atom. The van der Waals surface area contributed by atoms with Crippen molar-refractivity contribution < 1.29 is 5.11 Å². The van der Waals surface area contributed by atoms with Crippen LogP contribution in [0.25, 0.3) is 0 Å². The van der Waals surface area contributed by atoms with Gasteiger partial charge in [0.2, 0.25) is 0 Å². The molecule has 0 saturated heterocycles. The minimum Gasteiger partial charge on any atom is -0.395 e. The van der Waals surface area contributed by atoms with Gasteiger partial charge in [0.15, 0.2) is 0 Å². The third-order valence-corrected chi connectivity index (χ3v) is 2.56. The van der Waals surface area contributed by atoms with Crippen molar-refractivity contribution >= 4 is 12.4 Å². The van der Waals surface area contributed by atoms with Crippen LogP contribution in [0.3, 0.4) is 0 Å². The third-order valence-electron chi connectivity index (χ3n) is 2.56. The molecule has 0 aromatic carbocycles. The fraction of sp³-hybridized carbons (Fsp3) is 1.00. The summed E-state index contributed by atoms with van der Waals surface area (Å²) in [7, 11) is 0. The van der Waals surface area contributed by atoms with Gasteiger partial charge in [0.05, 0.1) is 6.61 Å². The fourth-order valence-corrected chi connectivity index (χ4v) is 1.73. The van der Waals surface area contributed by atoms with Gasteiger partial charge < -0.3 is 10.4 Å². The molecule has 12 heavy (non-hydrogen) atoms. The lowest BCUT2D eigenvalue weighted by atomic mass is 9.87. The molecule has 74 valence electrons. The molecule has 1 saturated carbocycles. The molecule has 0 bridgehead atoms. The van der Waals surface area contributed by atoms with Crippen molar-refractivity contribution in [3.63, 3.8) is 0 Å². The van der Waals surface area contributed by atoms with Gasteiger partial charge in [-0.15, -0.1) is 12.4 Å². The van der Waals surface area contributed by atoms with Crippen molar-refractivity contribution in [2.75, 3.05) is 13.2 Å². The molecule has 0 radical (unpaired) electrons. The maximum atomic E-state index is 8.59. The van der Waals surface area contributed by atoms with Crippen molar-refractivity contribution in [1.29, 1.82) is 0 Å². The molecule has 2 N–H and O–H groups in total. The lowest BCUT2D eigenvalue weighted by Gasteiger charge is -2.26. The lowest BCUT2D eigenvalue weighted by Crippen LogP contribution is -2.34. The second-order valence-corrected chi connectivity index (χ2v) is 3.63. The van der Waals surface area contributed by atoms with E-state index in [9.17, 15) is 0 Å². The van der Waals surface area contributed by atoms with Gasteiger partial charge in [-0.3, -0.25) is 0 Å². The highest BCUT2D eigenvalue weighted by atomic mass is 35.5. The molecular weight excluding hydrogens is 174 g/mol. The summed E-state index contributed by atoms with van der Waals surface area (Å²) in [4.78, 5) is 0. The van der Waals surface area contributed by atoms with Crippen LogP contribution in [-0.2, 0) is 0 Å². The number of halogens is 1. The summed E-state index contributed by atoms with van der Waals surface area (Å²) in [5.41, 5.74) is 0. The summed E-state index contributed by atoms with van der Waals surface area (Å²) in [5.74, 6) is 0.919. The van der Waals surface area contributed by atoms with E-state index in [0.29, 0.717) is 6.04 Å². The highest BCUT2D eigenvalue weighted by Gasteiger charge is 2.16. The molecule has 0 heterocycles. The van der Waals surface area contributed by atoms with Gasteiger partial charge >= 0.3 is 0 Å². The molecule has 1 rings (SSSR count). The molecule has 0 aromatic heterocycles. The standard InChI is InChI=1S/C9H19NO.ClH/c1-8-2-4-9(5-3-8)10-6-7-11;/h8-11H,2-7H2,1H3;1H. The summed E-state index contributed by atoms with van der Waals surface area (Å²) >= 11 is 0. The van der Waals surface area contributed by atoms with Crippen LogP contribution < -0.4 is 5.32 Å². The Morgan fingerprint density at radius 1 is 1.25 bits per heavy atom. The average Bonchev–Trinajstić information content (AvgIpc) is 2.04. The highest BCUT2D eigenvalue weighted by Crippen LogP contribution is 2.22. The van der Waals surface area contributed by atoms with Crippen molar-refractivity contribution in [2.45, 2.75) is 38.6 Å². The van der Waals surface area contributed by atoms with E-state index in [1.54, 1.807) is 0 Å². The Bertz CT molecular complexity index is 99.9. The topological polar surface area (TPSA) is 32.3 Å². The number of hydrogen-bond acceptors (Lipinski definition) is 2. The largest absolute Gasteiger partial charge is 0.395 e. The van der Waals surface area contributed by atoms with E-state index in [2.05, 4.69) is 12.2 Å². The highest BCUT2D eigenvalue weighted by molar-refractivity contribution is 5.85. The predicted molar refractivity (Wildman–Crippen MR) is 53.8 cm³/mol. The van der Waals surface area contributed by atoms with E-state index in [4.69, 9.17) is 5.11 Å². The summed E-state index contributed by atoms with van der Waals surface area (Å²) in [6.07, 6.45) is 5.29. The van der Waals surface area contributed by atoms with Gasteiger partial charge in [-0.25, -0.2) is 0 Å². The van der Waals surface area contributed by atoms with E-state index < -0.39 is 0 Å². The first-order chi connectivity index (χ1) is 5.33. The minimum absolute atomic E-state index is 0. The van der Waals surface area contributed by atoms with Gasteiger partial charge in [-0.1, -0.05) is 6.92 Å². The monoisotopic (exact) mass is 193 g/mol. The number of nitrogens with one attached hydrogen (secondary N) is 1. The summed E-state index contributed by atoms with van der Waals surface area (Å²) in [6, 6.07) is 0.679. The smallest absolute Gasteiger partial charge is 0.0556 e. The van der Waals surface area contributed by atoms with Crippen molar-refractivity contribution in [2.24, 2.45) is 5.92 Å². The van der Waals surface area contributed by atoms with Gasteiger partial charge in [0, 0.05) is 12.6 Å². The van der Waals surface area contributed by atoms with Crippen LogP contribution in [-0.4, -0.2) is 24.3 Å². The summed E-state index contributed by atoms with van der Waals surface area (Å²) < 4.78 is 0. The summed E-state index contributed by atoms with van der Waals surface area (Å²) in [5, 5.41) is 11.9. The zero-order chi connectivity index (χ0) is 8.10. The Balaban J connectivity index is 0.00000121. The molecule has 1 aliphatic rings.